The lowest BCUT2D eigenvalue weighted by molar-refractivity contribution is -0.116. The number of nitrogens with zero attached hydrogens (tertiary/aromatic N) is 2. The number of halogens is 1. The molecule has 0 aromatic heterocycles. The fourth-order valence-electron chi connectivity index (χ4n) is 2.18. The van der Waals surface area contributed by atoms with Crippen LogP contribution in [0.4, 0.5) is 11.4 Å². The molecule has 1 aromatic rings. The maximum absolute atomic E-state index is 11.4. The van der Waals surface area contributed by atoms with Gasteiger partial charge in [-0.3, -0.25) is 4.79 Å². The van der Waals surface area contributed by atoms with Crippen LogP contribution in [0.2, 0.25) is 0 Å². The van der Waals surface area contributed by atoms with Crippen LogP contribution in [0.25, 0.3) is 0 Å². The van der Waals surface area contributed by atoms with Gasteiger partial charge in [-0.2, -0.15) is 0 Å². The van der Waals surface area contributed by atoms with Crippen LogP contribution in [0.5, 0.6) is 0 Å². The second kappa shape index (κ2) is 6.26. The third-order valence-corrected chi connectivity index (χ3v) is 3.71. The van der Waals surface area contributed by atoms with Crippen molar-refractivity contribution in [2.24, 2.45) is 0 Å². The van der Waals surface area contributed by atoms with E-state index in [2.05, 4.69) is 4.90 Å². The summed E-state index contributed by atoms with van der Waals surface area (Å²) in [6, 6.07) is 5.99. The molecule has 104 valence electrons. The van der Waals surface area contributed by atoms with Gasteiger partial charge in [0.15, 0.2) is 0 Å². The van der Waals surface area contributed by atoms with Gasteiger partial charge in [0.1, 0.15) is 0 Å². The van der Waals surface area contributed by atoms with E-state index in [0.29, 0.717) is 5.88 Å². The zero-order valence-corrected chi connectivity index (χ0v) is 12.1. The molecule has 1 fully saturated rings. The Morgan fingerprint density at radius 3 is 2.68 bits per heavy atom. The van der Waals surface area contributed by atoms with Gasteiger partial charge in [-0.25, -0.2) is 0 Å². The number of hydrogen-bond acceptors (Lipinski definition) is 3. The van der Waals surface area contributed by atoms with E-state index in [0.717, 1.165) is 43.2 Å². The molecule has 0 unspecified atom stereocenters. The number of hydrogen-bond donors (Lipinski definition) is 0. The Morgan fingerprint density at radius 2 is 2.11 bits per heavy atom. The molecule has 0 bridgehead atoms. The third kappa shape index (κ3) is 3.19. The number of morpholine rings is 1. The Balaban J connectivity index is 2.27. The molecule has 0 aliphatic carbocycles. The fourth-order valence-corrected chi connectivity index (χ4v) is 2.40. The average Bonchev–Trinajstić information content (AvgIpc) is 2.46. The van der Waals surface area contributed by atoms with Crippen molar-refractivity contribution >= 4 is 28.9 Å². The van der Waals surface area contributed by atoms with Crippen molar-refractivity contribution in [2.75, 3.05) is 43.2 Å². The fraction of sp³-hybridized carbons (Fsp3) is 0.500. The van der Waals surface area contributed by atoms with Crippen LogP contribution < -0.4 is 9.80 Å². The Kier molecular flexibility index (Phi) is 4.66. The van der Waals surface area contributed by atoms with Crippen LogP contribution in [0, 0.1) is 0 Å². The van der Waals surface area contributed by atoms with Crippen LogP contribution >= 0.6 is 11.6 Å². The number of carbonyl (C=O) groups excluding carboxylic acids is 1. The van der Waals surface area contributed by atoms with Crippen molar-refractivity contribution < 1.29 is 9.53 Å². The molecule has 1 saturated heterocycles. The predicted octanol–water partition coefficient (Wildman–Crippen LogP) is 2.24. The van der Waals surface area contributed by atoms with Crippen molar-refractivity contribution in [3.8, 4) is 0 Å². The molecule has 5 heteroatoms. The highest BCUT2D eigenvalue weighted by atomic mass is 35.5. The minimum absolute atomic E-state index is 0.0136. The van der Waals surface area contributed by atoms with E-state index in [1.165, 1.54) is 0 Å². The monoisotopic (exact) mass is 282 g/mol. The number of rotatable bonds is 3. The van der Waals surface area contributed by atoms with Crippen LogP contribution in [-0.2, 0) is 15.4 Å². The number of carbonyl (C=O) groups is 1. The van der Waals surface area contributed by atoms with Gasteiger partial charge in [0, 0.05) is 44.3 Å². The molecule has 0 atom stereocenters. The van der Waals surface area contributed by atoms with Crippen molar-refractivity contribution in [2.45, 2.75) is 12.8 Å². The van der Waals surface area contributed by atoms with Crippen molar-refractivity contribution in [3.63, 3.8) is 0 Å². The first-order valence-corrected chi connectivity index (χ1v) is 6.93. The second-order valence-corrected chi connectivity index (χ2v) is 4.89. The van der Waals surface area contributed by atoms with Gasteiger partial charge in [0.25, 0.3) is 0 Å². The molecule has 1 aromatic carbocycles. The molecule has 0 saturated carbocycles. The lowest BCUT2D eigenvalue weighted by Crippen LogP contribution is -2.36. The molecule has 4 nitrogen and oxygen atoms in total. The minimum atomic E-state index is 0.0136. The smallest absolute Gasteiger partial charge is 0.223 e. The highest BCUT2D eigenvalue weighted by Crippen LogP contribution is 2.28. The molecule has 0 spiro atoms. The maximum atomic E-state index is 11.4. The van der Waals surface area contributed by atoms with E-state index >= 15 is 0 Å². The number of anilines is 2. The van der Waals surface area contributed by atoms with Crippen LogP contribution in [-0.4, -0.2) is 39.3 Å². The molecule has 1 aliphatic rings. The normalized spacial score (nSPS) is 15.4. The third-order valence-electron chi connectivity index (χ3n) is 3.42. The summed E-state index contributed by atoms with van der Waals surface area (Å²) in [5.41, 5.74) is 3.06. The number of amides is 1. The van der Waals surface area contributed by atoms with Crippen LogP contribution in [0.3, 0.4) is 0 Å². The number of ether oxygens (including phenoxy) is 1. The Labute approximate surface area is 118 Å². The SMILES string of the molecule is CC(=O)N(C)c1ccc(N2CCOCC2)c(CCl)c1. The van der Waals surface area contributed by atoms with Crippen molar-refractivity contribution in [1.82, 2.24) is 0 Å². The zero-order valence-electron chi connectivity index (χ0n) is 11.4. The standard InChI is InChI=1S/C14H19ClN2O2/c1-11(18)16(2)13-3-4-14(12(9-13)10-15)17-5-7-19-8-6-17/h3-4,9H,5-8,10H2,1-2H3. The molecule has 2 rings (SSSR count). The molecular weight excluding hydrogens is 264 g/mol. The Morgan fingerprint density at radius 1 is 1.42 bits per heavy atom. The Hall–Kier alpha value is -1.26. The number of benzene rings is 1. The average molecular weight is 283 g/mol. The summed E-state index contributed by atoms with van der Waals surface area (Å²) in [7, 11) is 1.77. The largest absolute Gasteiger partial charge is 0.378 e. The van der Waals surface area contributed by atoms with Gasteiger partial charge >= 0.3 is 0 Å². The molecule has 19 heavy (non-hydrogen) atoms. The van der Waals surface area contributed by atoms with Gasteiger partial charge in [0.05, 0.1) is 13.2 Å². The summed E-state index contributed by atoms with van der Waals surface area (Å²) in [4.78, 5) is 15.3. The Bertz CT molecular complexity index is 459. The van der Waals surface area contributed by atoms with Gasteiger partial charge in [-0.1, -0.05) is 0 Å². The maximum Gasteiger partial charge on any atom is 0.223 e. The van der Waals surface area contributed by atoms with E-state index in [1.807, 2.05) is 18.2 Å². The van der Waals surface area contributed by atoms with E-state index in [-0.39, 0.29) is 5.91 Å². The van der Waals surface area contributed by atoms with Crippen molar-refractivity contribution in [1.29, 1.82) is 0 Å². The summed E-state index contributed by atoms with van der Waals surface area (Å²) in [6.45, 7) is 4.81. The predicted molar refractivity (Wildman–Crippen MR) is 78.1 cm³/mol. The molecule has 1 amide bonds. The summed E-state index contributed by atoms with van der Waals surface area (Å²) in [5.74, 6) is 0.450. The van der Waals surface area contributed by atoms with Crippen LogP contribution in [0.1, 0.15) is 12.5 Å². The first-order chi connectivity index (χ1) is 9.13. The van der Waals surface area contributed by atoms with Gasteiger partial charge in [-0.05, 0) is 23.8 Å². The van der Waals surface area contributed by atoms with E-state index in [1.54, 1.807) is 18.9 Å². The summed E-state index contributed by atoms with van der Waals surface area (Å²) < 4.78 is 5.36. The van der Waals surface area contributed by atoms with E-state index in [4.69, 9.17) is 16.3 Å². The number of alkyl halides is 1. The topological polar surface area (TPSA) is 32.8 Å². The van der Waals surface area contributed by atoms with E-state index in [9.17, 15) is 4.79 Å². The summed E-state index contributed by atoms with van der Waals surface area (Å²) >= 11 is 6.05. The molecule has 1 heterocycles. The highest BCUT2D eigenvalue weighted by Gasteiger charge is 2.16. The van der Waals surface area contributed by atoms with Crippen molar-refractivity contribution in [3.05, 3.63) is 23.8 Å². The van der Waals surface area contributed by atoms with E-state index < -0.39 is 0 Å². The minimum Gasteiger partial charge on any atom is -0.378 e. The zero-order chi connectivity index (χ0) is 13.8. The summed E-state index contributed by atoms with van der Waals surface area (Å²) in [6.07, 6.45) is 0. The summed E-state index contributed by atoms with van der Waals surface area (Å²) in [5, 5.41) is 0. The lowest BCUT2D eigenvalue weighted by Gasteiger charge is -2.31. The first kappa shape index (κ1) is 14.2. The molecular formula is C14H19ClN2O2. The quantitative estimate of drug-likeness (QED) is 0.797. The van der Waals surface area contributed by atoms with Gasteiger partial charge < -0.3 is 14.5 Å². The molecule has 0 N–H and O–H groups in total. The van der Waals surface area contributed by atoms with Gasteiger partial charge in [-0.15, -0.1) is 11.6 Å². The first-order valence-electron chi connectivity index (χ1n) is 6.39. The van der Waals surface area contributed by atoms with Gasteiger partial charge in [0.2, 0.25) is 5.91 Å². The van der Waals surface area contributed by atoms with Crippen LogP contribution in [0.15, 0.2) is 18.2 Å². The molecule has 1 aliphatic heterocycles. The second-order valence-electron chi connectivity index (χ2n) is 4.62. The highest BCUT2D eigenvalue weighted by molar-refractivity contribution is 6.17. The lowest BCUT2D eigenvalue weighted by atomic mass is 10.1. The molecule has 0 radical (unpaired) electrons.